The van der Waals surface area contributed by atoms with Gasteiger partial charge in [0.25, 0.3) is 0 Å². The van der Waals surface area contributed by atoms with Gasteiger partial charge < -0.3 is 14.5 Å². The van der Waals surface area contributed by atoms with Crippen molar-refractivity contribution in [2.75, 3.05) is 23.5 Å². The fraction of sp³-hybridized carbons (Fsp3) is 0.333. The molecule has 0 aliphatic carbocycles. The summed E-state index contributed by atoms with van der Waals surface area (Å²) in [5.74, 6) is 0.299. The van der Waals surface area contributed by atoms with E-state index in [1.807, 2.05) is 68.4 Å². The van der Waals surface area contributed by atoms with Crippen LogP contribution in [0.3, 0.4) is 0 Å². The van der Waals surface area contributed by atoms with E-state index in [4.69, 9.17) is 4.74 Å². The van der Waals surface area contributed by atoms with Crippen LogP contribution in [0.4, 0.5) is 11.4 Å². The average molecular weight is 352 g/mol. The SMILES string of the molecule is COc1cccc(N2CC(C(=O)N(c3ccccc3)C(C)C)CC2=O)c1. The zero-order valence-electron chi connectivity index (χ0n) is 15.4. The first-order valence-corrected chi connectivity index (χ1v) is 8.83. The molecule has 1 fully saturated rings. The molecular weight excluding hydrogens is 328 g/mol. The number of nitrogens with zero attached hydrogens (tertiary/aromatic N) is 2. The Morgan fingerprint density at radius 3 is 2.54 bits per heavy atom. The fourth-order valence-electron chi connectivity index (χ4n) is 3.37. The van der Waals surface area contributed by atoms with Gasteiger partial charge >= 0.3 is 0 Å². The molecule has 5 heteroatoms. The highest BCUT2D eigenvalue weighted by Crippen LogP contribution is 2.30. The van der Waals surface area contributed by atoms with Crippen molar-refractivity contribution < 1.29 is 14.3 Å². The third-order valence-electron chi connectivity index (χ3n) is 4.63. The molecule has 26 heavy (non-hydrogen) atoms. The molecule has 1 atom stereocenters. The lowest BCUT2D eigenvalue weighted by Gasteiger charge is -2.29. The standard InChI is InChI=1S/C21H24N2O3/c1-15(2)23(17-8-5-4-6-9-17)21(25)16-12-20(24)22(14-16)18-10-7-11-19(13-18)26-3/h4-11,13,15-16H,12,14H2,1-3H3. The number of ether oxygens (including phenoxy) is 1. The summed E-state index contributed by atoms with van der Waals surface area (Å²) in [6, 6.07) is 17.0. The minimum atomic E-state index is -0.351. The number of benzene rings is 2. The quantitative estimate of drug-likeness (QED) is 0.828. The molecule has 1 heterocycles. The number of hydrogen-bond acceptors (Lipinski definition) is 3. The molecule has 2 amide bonds. The third kappa shape index (κ3) is 3.57. The van der Waals surface area contributed by atoms with Crippen molar-refractivity contribution in [2.45, 2.75) is 26.3 Å². The van der Waals surface area contributed by atoms with Crippen LogP contribution in [0.5, 0.6) is 5.75 Å². The molecule has 0 bridgehead atoms. The van der Waals surface area contributed by atoms with E-state index in [1.165, 1.54) is 0 Å². The van der Waals surface area contributed by atoms with Gasteiger partial charge in [-0.2, -0.15) is 0 Å². The summed E-state index contributed by atoms with van der Waals surface area (Å²) < 4.78 is 5.24. The van der Waals surface area contributed by atoms with Crippen molar-refractivity contribution in [1.82, 2.24) is 0 Å². The van der Waals surface area contributed by atoms with Gasteiger partial charge in [-0.25, -0.2) is 0 Å². The van der Waals surface area contributed by atoms with Gasteiger partial charge in [0.1, 0.15) is 5.75 Å². The second kappa shape index (κ2) is 7.60. The van der Waals surface area contributed by atoms with Crippen molar-refractivity contribution in [3.63, 3.8) is 0 Å². The molecule has 5 nitrogen and oxygen atoms in total. The number of carbonyl (C=O) groups excluding carboxylic acids is 2. The van der Waals surface area contributed by atoms with Crippen LogP contribution in [-0.2, 0) is 9.59 Å². The Bertz CT molecular complexity index is 789. The fourth-order valence-corrected chi connectivity index (χ4v) is 3.37. The van der Waals surface area contributed by atoms with Crippen LogP contribution < -0.4 is 14.5 Å². The first kappa shape index (κ1) is 18.0. The van der Waals surface area contributed by atoms with E-state index < -0.39 is 0 Å². The smallest absolute Gasteiger partial charge is 0.232 e. The summed E-state index contributed by atoms with van der Waals surface area (Å²) in [7, 11) is 1.59. The Morgan fingerprint density at radius 1 is 1.15 bits per heavy atom. The van der Waals surface area contributed by atoms with Crippen LogP contribution in [-0.4, -0.2) is 31.5 Å². The Balaban J connectivity index is 1.81. The van der Waals surface area contributed by atoms with Gasteiger partial charge in [-0.15, -0.1) is 0 Å². The molecule has 1 unspecified atom stereocenters. The van der Waals surface area contributed by atoms with Crippen molar-refractivity contribution in [3.05, 3.63) is 54.6 Å². The topological polar surface area (TPSA) is 49.9 Å². The van der Waals surface area contributed by atoms with Crippen LogP contribution in [0.15, 0.2) is 54.6 Å². The molecule has 0 N–H and O–H groups in total. The van der Waals surface area contributed by atoms with E-state index in [0.29, 0.717) is 12.3 Å². The Morgan fingerprint density at radius 2 is 1.88 bits per heavy atom. The van der Waals surface area contributed by atoms with Gasteiger partial charge in [-0.3, -0.25) is 9.59 Å². The van der Waals surface area contributed by atoms with Gasteiger partial charge in [-0.1, -0.05) is 24.3 Å². The van der Waals surface area contributed by atoms with Crippen LogP contribution in [0, 0.1) is 5.92 Å². The van der Waals surface area contributed by atoms with E-state index >= 15 is 0 Å². The second-order valence-electron chi connectivity index (χ2n) is 6.74. The normalized spacial score (nSPS) is 16.8. The van der Waals surface area contributed by atoms with Crippen molar-refractivity contribution in [2.24, 2.45) is 5.92 Å². The Hall–Kier alpha value is -2.82. The molecule has 1 aliphatic rings. The lowest BCUT2D eigenvalue weighted by Crippen LogP contribution is -2.42. The highest BCUT2D eigenvalue weighted by atomic mass is 16.5. The van der Waals surface area contributed by atoms with Crippen molar-refractivity contribution in [1.29, 1.82) is 0 Å². The molecule has 3 rings (SSSR count). The van der Waals surface area contributed by atoms with Crippen LogP contribution >= 0.6 is 0 Å². The minimum Gasteiger partial charge on any atom is -0.497 e. The van der Waals surface area contributed by atoms with E-state index in [1.54, 1.807) is 16.9 Å². The maximum atomic E-state index is 13.2. The van der Waals surface area contributed by atoms with E-state index in [2.05, 4.69) is 0 Å². The first-order chi connectivity index (χ1) is 12.5. The highest BCUT2D eigenvalue weighted by Gasteiger charge is 2.38. The third-order valence-corrected chi connectivity index (χ3v) is 4.63. The predicted molar refractivity (Wildman–Crippen MR) is 103 cm³/mol. The van der Waals surface area contributed by atoms with E-state index in [-0.39, 0.29) is 30.2 Å². The summed E-state index contributed by atoms with van der Waals surface area (Å²) in [5, 5.41) is 0. The predicted octanol–water partition coefficient (Wildman–Crippen LogP) is 3.49. The average Bonchev–Trinajstić information content (AvgIpc) is 3.04. The number of para-hydroxylation sites is 1. The summed E-state index contributed by atoms with van der Waals surface area (Å²) >= 11 is 0. The lowest BCUT2D eigenvalue weighted by atomic mass is 10.1. The number of anilines is 2. The summed E-state index contributed by atoms with van der Waals surface area (Å²) in [6.07, 6.45) is 0.228. The van der Waals surface area contributed by atoms with Gasteiger partial charge in [0.15, 0.2) is 0 Å². The highest BCUT2D eigenvalue weighted by molar-refractivity contribution is 6.04. The summed E-state index contributed by atoms with van der Waals surface area (Å²) in [5.41, 5.74) is 1.63. The van der Waals surface area contributed by atoms with Gasteiger partial charge in [-0.05, 0) is 38.1 Å². The van der Waals surface area contributed by atoms with Crippen LogP contribution in [0.25, 0.3) is 0 Å². The maximum Gasteiger partial charge on any atom is 0.232 e. The molecule has 0 spiro atoms. The van der Waals surface area contributed by atoms with Gasteiger partial charge in [0.05, 0.1) is 13.0 Å². The van der Waals surface area contributed by atoms with Crippen LogP contribution in [0.2, 0.25) is 0 Å². The number of carbonyl (C=O) groups is 2. The number of hydrogen-bond donors (Lipinski definition) is 0. The molecule has 1 saturated heterocycles. The largest absolute Gasteiger partial charge is 0.497 e. The first-order valence-electron chi connectivity index (χ1n) is 8.83. The Labute approximate surface area is 154 Å². The summed E-state index contributed by atoms with van der Waals surface area (Å²) in [4.78, 5) is 29.1. The minimum absolute atomic E-state index is 0.00931. The van der Waals surface area contributed by atoms with Gasteiger partial charge in [0.2, 0.25) is 11.8 Å². The second-order valence-corrected chi connectivity index (χ2v) is 6.74. The molecule has 136 valence electrons. The number of rotatable bonds is 5. The molecule has 2 aromatic rings. The van der Waals surface area contributed by atoms with Crippen LogP contribution in [0.1, 0.15) is 20.3 Å². The lowest BCUT2D eigenvalue weighted by molar-refractivity contribution is -0.124. The summed E-state index contributed by atoms with van der Waals surface area (Å²) in [6.45, 7) is 4.36. The molecule has 2 aromatic carbocycles. The molecule has 0 aromatic heterocycles. The number of methoxy groups -OCH3 is 1. The van der Waals surface area contributed by atoms with Crippen molar-refractivity contribution in [3.8, 4) is 5.75 Å². The zero-order valence-corrected chi connectivity index (χ0v) is 15.4. The van der Waals surface area contributed by atoms with Crippen molar-refractivity contribution >= 4 is 23.2 Å². The maximum absolute atomic E-state index is 13.2. The van der Waals surface area contributed by atoms with Gasteiger partial charge in [0, 0.05) is 36.4 Å². The molecule has 0 saturated carbocycles. The molecular formula is C21H24N2O3. The molecule has 0 radical (unpaired) electrons. The Kier molecular flexibility index (Phi) is 5.26. The van der Waals surface area contributed by atoms with E-state index in [0.717, 1.165) is 11.4 Å². The molecule has 1 aliphatic heterocycles. The van der Waals surface area contributed by atoms with E-state index in [9.17, 15) is 9.59 Å². The monoisotopic (exact) mass is 352 g/mol. The number of amides is 2. The zero-order chi connectivity index (χ0) is 18.7.